The normalized spacial score (nSPS) is 15.8. The Bertz CT molecular complexity index is 684. The number of hydrogen-bond acceptors (Lipinski definition) is 4. The van der Waals surface area contributed by atoms with E-state index in [1.165, 1.54) is 5.56 Å². The van der Waals surface area contributed by atoms with E-state index in [4.69, 9.17) is 0 Å². The molecule has 1 atom stereocenters. The van der Waals surface area contributed by atoms with E-state index in [0.29, 0.717) is 12.5 Å². The highest BCUT2D eigenvalue weighted by atomic mass is 35.5. The Labute approximate surface area is 172 Å². The van der Waals surface area contributed by atoms with Gasteiger partial charge in [-0.1, -0.05) is 36.8 Å². The fraction of sp³-hybridized carbons (Fsp3) is 0.474. The van der Waals surface area contributed by atoms with Crippen molar-refractivity contribution in [2.45, 2.75) is 39.2 Å². The van der Waals surface area contributed by atoms with Crippen molar-refractivity contribution in [3.05, 3.63) is 40.9 Å². The second-order valence-electron chi connectivity index (χ2n) is 6.42. The first-order valence-corrected chi connectivity index (χ1v) is 9.57. The van der Waals surface area contributed by atoms with Crippen molar-refractivity contribution in [1.82, 2.24) is 15.2 Å². The smallest absolute Gasteiger partial charge is 0.228 e. The Hall–Kier alpha value is -1.14. The second kappa shape index (κ2) is 10.9. The van der Waals surface area contributed by atoms with Gasteiger partial charge in [-0.05, 0) is 26.3 Å². The molecule has 0 aliphatic carbocycles. The number of benzene rings is 1. The topological polar surface area (TPSA) is 45.2 Å². The Kier molecular flexibility index (Phi) is 9.58. The standard InChI is InChI=1S/C19H25N3OS.2ClH/c1-3-10-22(17-8-9-20-12-17)18(23)11-16-13-24-19(21-16)15-6-4-14(2)5-7-15;;/h4-7,13,17,20H,3,8-12H2,1-2H3;2*1H. The van der Waals surface area contributed by atoms with Crippen molar-refractivity contribution in [2.24, 2.45) is 0 Å². The SMILES string of the molecule is CCCN(C(=O)Cc1csc(-c2ccc(C)cc2)n1)C1CCNC1.Cl.Cl. The largest absolute Gasteiger partial charge is 0.338 e. The number of halogens is 2. The lowest BCUT2D eigenvalue weighted by molar-refractivity contribution is -0.132. The Balaban J connectivity index is 0.00000169. The third kappa shape index (κ3) is 5.68. The number of aryl methyl sites for hydroxylation is 1. The fourth-order valence-electron chi connectivity index (χ4n) is 3.13. The molecular weight excluding hydrogens is 389 g/mol. The number of hydrogen-bond donors (Lipinski definition) is 1. The molecule has 1 fully saturated rings. The van der Waals surface area contributed by atoms with Gasteiger partial charge in [0, 0.05) is 30.1 Å². The zero-order chi connectivity index (χ0) is 16.9. The molecule has 0 spiro atoms. The van der Waals surface area contributed by atoms with Crippen LogP contribution in [0.5, 0.6) is 0 Å². The number of nitrogens with one attached hydrogen (secondary N) is 1. The molecule has 1 amide bonds. The minimum Gasteiger partial charge on any atom is -0.338 e. The molecular formula is C19H27Cl2N3OS. The van der Waals surface area contributed by atoms with Gasteiger partial charge in [0.25, 0.3) is 0 Å². The highest BCUT2D eigenvalue weighted by Gasteiger charge is 2.26. The van der Waals surface area contributed by atoms with Crippen LogP contribution in [0.2, 0.25) is 0 Å². The van der Waals surface area contributed by atoms with Crippen molar-refractivity contribution >= 4 is 42.1 Å². The fourth-order valence-corrected chi connectivity index (χ4v) is 3.96. The average molecular weight is 416 g/mol. The maximum atomic E-state index is 12.7. The molecule has 0 radical (unpaired) electrons. The summed E-state index contributed by atoms with van der Waals surface area (Å²) in [5, 5.41) is 6.36. The van der Waals surface area contributed by atoms with E-state index in [1.54, 1.807) is 11.3 Å². The molecule has 4 nitrogen and oxygen atoms in total. The van der Waals surface area contributed by atoms with Crippen LogP contribution in [-0.4, -0.2) is 41.5 Å². The summed E-state index contributed by atoms with van der Waals surface area (Å²) in [6, 6.07) is 8.71. The average Bonchev–Trinajstić information content (AvgIpc) is 3.25. The first kappa shape index (κ1) is 22.9. The monoisotopic (exact) mass is 415 g/mol. The van der Waals surface area contributed by atoms with Gasteiger partial charge in [0.2, 0.25) is 5.91 Å². The molecule has 0 bridgehead atoms. The third-order valence-corrected chi connectivity index (χ3v) is 5.38. The van der Waals surface area contributed by atoms with Crippen molar-refractivity contribution in [1.29, 1.82) is 0 Å². The summed E-state index contributed by atoms with van der Waals surface area (Å²) in [5.41, 5.74) is 3.24. The Morgan fingerprint density at radius 2 is 2.04 bits per heavy atom. The number of nitrogens with zero attached hydrogens (tertiary/aromatic N) is 2. The summed E-state index contributed by atoms with van der Waals surface area (Å²) in [6.07, 6.45) is 2.45. The van der Waals surface area contributed by atoms with Gasteiger partial charge in [0.05, 0.1) is 12.1 Å². The first-order valence-electron chi connectivity index (χ1n) is 8.69. The van der Waals surface area contributed by atoms with Crippen LogP contribution in [0.3, 0.4) is 0 Å². The molecule has 0 saturated carbocycles. The van der Waals surface area contributed by atoms with E-state index in [1.807, 2.05) is 10.3 Å². The van der Waals surface area contributed by atoms with Crippen molar-refractivity contribution in [2.75, 3.05) is 19.6 Å². The Morgan fingerprint density at radius 3 is 2.65 bits per heavy atom. The predicted molar refractivity (Wildman–Crippen MR) is 114 cm³/mol. The molecule has 1 saturated heterocycles. The van der Waals surface area contributed by atoms with E-state index in [-0.39, 0.29) is 30.7 Å². The third-order valence-electron chi connectivity index (χ3n) is 4.44. The van der Waals surface area contributed by atoms with Crippen molar-refractivity contribution in [3.63, 3.8) is 0 Å². The summed E-state index contributed by atoms with van der Waals surface area (Å²) in [4.78, 5) is 19.5. The number of amides is 1. The zero-order valence-corrected chi connectivity index (χ0v) is 17.7. The first-order chi connectivity index (χ1) is 11.7. The molecule has 1 N–H and O–H groups in total. The highest BCUT2D eigenvalue weighted by Crippen LogP contribution is 2.24. The van der Waals surface area contributed by atoms with E-state index < -0.39 is 0 Å². The number of carbonyl (C=O) groups excluding carboxylic acids is 1. The molecule has 2 aromatic rings. The summed E-state index contributed by atoms with van der Waals surface area (Å²) in [7, 11) is 0. The van der Waals surface area contributed by atoms with E-state index in [0.717, 1.165) is 48.7 Å². The predicted octanol–water partition coefficient (Wildman–Crippen LogP) is 4.11. The second-order valence-corrected chi connectivity index (χ2v) is 7.28. The van der Waals surface area contributed by atoms with Crippen LogP contribution < -0.4 is 5.32 Å². The minimum atomic E-state index is 0. The van der Waals surface area contributed by atoms with Gasteiger partial charge in [0.15, 0.2) is 0 Å². The van der Waals surface area contributed by atoms with Crippen LogP contribution in [0.15, 0.2) is 29.6 Å². The van der Waals surface area contributed by atoms with Gasteiger partial charge in [-0.25, -0.2) is 4.98 Å². The van der Waals surface area contributed by atoms with Gasteiger partial charge >= 0.3 is 0 Å². The maximum Gasteiger partial charge on any atom is 0.228 e. The molecule has 1 aromatic heterocycles. The Morgan fingerprint density at radius 1 is 1.31 bits per heavy atom. The number of carbonyl (C=O) groups is 1. The molecule has 1 aliphatic rings. The quantitative estimate of drug-likeness (QED) is 0.771. The summed E-state index contributed by atoms with van der Waals surface area (Å²) >= 11 is 1.61. The molecule has 2 heterocycles. The molecule has 144 valence electrons. The maximum absolute atomic E-state index is 12.7. The van der Waals surface area contributed by atoms with E-state index in [2.05, 4.69) is 48.4 Å². The summed E-state index contributed by atoms with van der Waals surface area (Å²) in [6.45, 7) is 6.96. The molecule has 3 rings (SSSR count). The van der Waals surface area contributed by atoms with Gasteiger partial charge < -0.3 is 10.2 Å². The highest BCUT2D eigenvalue weighted by molar-refractivity contribution is 7.13. The van der Waals surface area contributed by atoms with Crippen LogP contribution in [-0.2, 0) is 11.2 Å². The lowest BCUT2D eigenvalue weighted by Gasteiger charge is -2.28. The molecule has 1 aliphatic heterocycles. The zero-order valence-electron chi connectivity index (χ0n) is 15.2. The van der Waals surface area contributed by atoms with Crippen LogP contribution in [0, 0.1) is 6.92 Å². The lowest BCUT2D eigenvalue weighted by Crippen LogP contribution is -2.42. The summed E-state index contributed by atoms with van der Waals surface area (Å²) < 4.78 is 0. The molecule has 7 heteroatoms. The molecule has 1 aromatic carbocycles. The molecule has 1 unspecified atom stereocenters. The van der Waals surface area contributed by atoms with E-state index in [9.17, 15) is 4.79 Å². The summed E-state index contributed by atoms with van der Waals surface area (Å²) in [5.74, 6) is 0.200. The van der Waals surface area contributed by atoms with Gasteiger partial charge in [-0.2, -0.15) is 0 Å². The lowest BCUT2D eigenvalue weighted by atomic mass is 10.1. The number of aromatic nitrogens is 1. The van der Waals surface area contributed by atoms with E-state index >= 15 is 0 Å². The minimum absolute atomic E-state index is 0. The number of thiazole rings is 1. The van der Waals surface area contributed by atoms with Gasteiger partial charge in [0.1, 0.15) is 5.01 Å². The molecule has 26 heavy (non-hydrogen) atoms. The van der Waals surface area contributed by atoms with Crippen LogP contribution in [0.25, 0.3) is 10.6 Å². The van der Waals surface area contributed by atoms with Crippen molar-refractivity contribution < 1.29 is 4.79 Å². The van der Waals surface area contributed by atoms with Crippen molar-refractivity contribution in [3.8, 4) is 10.6 Å². The van der Waals surface area contributed by atoms with Gasteiger partial charge in [-0.3, -0.25) is 4.79 Å². The van der Waals surface area contributed by atoms with Gasteiger partial charge in [-0.15, -0.1) is 36.2 Å². The number of rotatable bonds is 6. The van der Waals surface area contributed by atoms with Crippen LogP contribution in [0.1, 0.15) is 31.0 Å². The van der Waals surface area contributed by atoms with Crippen LogP contribution in [0.4, 0.5) is 0 Å². The van der Waals surface area contributed by atoms with Crippen LogP contribution >= 0.6 is 36.2 Å².